The minimum Gasteiger partial charge on any atom is -0.354 e. The zero-order chi connectivity index (χ0) is 15.2. The van der Waals surface area contributed by atoms with Crippen molar-refractivity contribution < 1.29 is 4.79 Å². The SMILES string of the molecule is CCC(CC)C(CNC(=O)C1(C)CCNCC1)N(C)C. The van der Waals surface area contributed by atoms with Gasteiger partial charge in [-0.2, -0.15) is 0 Å². The maximum Gasteiger partial charge on any atom is 0.226 e. The van der Waals surface area contributed by atoms with Gasteiger partial charge in [0.15, 0.2) is 0 Å². The summed E-state index contributed by atoms with van der Waals surface area (Å²) in [7, 11) is 4.22. The molecule has 0 aliphatic carbocycles. The highest BCUT2D eigenvalue weighted by molar-refractivity contribution is 5.82. The number of rotatable bonds is 7. The van der Waals surface area contributed by atoms with Gasteiger partial charge in [0.05, 0.1) is 0 Å². The fraction of sp³-hybridized carbons (Fsp3) is 0.938. The molecule has 0 aromatic rings. The molecule has 4 heteroatoms. The van der Waals surface area contributed by atoms with Crippen molar-refractivity contribution in [2.45, 2.75) is 52.5 Å². The molecule has 20 heavy (non-hydrogen) atoms. The third-order valence-corrected chi connectivity index (χ3v) is 4.98. The average molecular weight is 283 g/mol. The molecule has 1 atom stereocenters. The Balaban J connectivity index is 2.56. The Morgan fingerprint density at radius 2 is 1.80 bits per heavy atom. The van der Waals surface area contributed by atoms with Crippen LogP contribution >= 0.6 is 0 Å². The van der Waals surface area contributed by atoms with Crippen molar-refractivity contribution in [2.75, 3.05) is 33.7 Å². The maximum atomic E-state index is 12.5. The van der Waals surface area contributed by atoms with E-state index in [9.17, 15) is 4.79 Å². The van der Waals surface area contributed by atoms with Crippen molar-refractivity contribution in [3.63, 3.8) is 0 Å². The van der Waals surface area contributed by atoms with Crippen LogP contribution in [0, 0.1) is 11.3 Å². The van der Waals surface area contributed by atoms with Crippen LogP contribution < -0.4 is 10.6 Å². The number of hydrogen-bond donors (Lipinski definition) is 2. The van der Waals surface area contributed by atoms with E-state index in [1.54, 1.807) is 0 Å². The number of hydrogen-bond acceptors (Lipinski definition) is 3. The highest BCUT2D eigenvalue weighted by Crippen LogP contribution is 2.28. The normalized spacial score (nSPS) is 20.1. The zero-order valence-electron chi connectivity index (χ0n) is 14.0. The second-order valence-electron chi connectivity index (χ2n) is 6.63. The molecule has 1 saturated heterocycles. The van der Waals surface area contributed by atoms with E-state index >= 15 is 0 Å². The second-order valence-corrected chi connectivity index (χ2v) is 6.63. The van der Waals surface area contributed by atoms with Crippen molar-refractivity contribution in [1.29, 1.82) is 0 Å². The molecule has 1 amide bonds. The summed E-state index contributed by atoms with van der Waals surface area (Å²) in [6.07, 6.45) is 4.21. The van der Waals surface area contributed by atoms with E-state index < -0.39 is 0 Å². The van der Waals surface area contributed by atoms with Crippen molar-refractivity contribution in [3.8, 4) is 0 Å². The van der Waals surface area contributed by atoms with Gasteiger partial charge in [-0.25, -0.2) is 0 Å². The molecule has 0 bridgehead atoms. The summed E-state index contributed by atoms with van der Waals surface area (Å²) in [6.45, 7) is 9.24. The molecule has 1 aliphatic rings. The first-order valence-electron chi connectivity index (χ1n) is 8.10. The van der Waals surface area contributed by atoms with Gasteiger partial charge >= 0.3 is 0 Å². The van der Waals surface area contributed by atoms with Gasteiger partial charge in [-0.15, -0.1) is 0 Å². The highest BCUT2D eigenvalue weighted by atomic mass is 16.2. The van der Waals surface area contributed by atoms with Gasteiger partial charge in [-0.1, -0.05) is 33.6 Å². The van der Waals surface area contributed by atoms with Crippen LogP contribution in [-0.2, 0) is 4.79 Å². The number of nitrogens with one attached hydrogen (secondary N) is 2. The van der Waals surface area contributed by atoms with E-state index in [1.165, 1.54) is 0 Å². The fourth-order valence-corrected chi connectivity index (χ4v) is 3.22. The Hall–Kier alpha value is -0.610. The van der Waals surface area contributed by atoms with Gasteiger partial charge in [0.2, 0.25) is 5.91 Å². The lowest BCUT2D eigenvalue weighted by Crippen LogP contribution is -2.50. The molecule has 1 rings (SSSR count). The Morgan fingerprint density at radius 1 is 1.25 bits per heavy atom. The number of piperidine rings is 1. The summed E-state index contributed by atoms with van der Waals surface area (Å²) >= 11 is 0. The van der Waals surface area contributed by atoms with E-state index in [-0.39, 0.29) is 11.3 Å². The minimum atomic E-state index is -0.184. The average Bonchev–Trinajstić information content (AvgIpc) is 2.43. The van der Waals surface area contributed by atoms with Crippen LogP contribution in [0.3, 0.4) is 0 Å². The van der Waals surface area contributed by atoms with Crippen LogP contribution in [0.1, 0.15) is 46.5 Å². The van der Waals surface area contributed by atoms with E-state index in [2.05, 4.69) is 50.4 Å². The van der Waals surface area contributed by atoms with E-state index in [1.807, 2.05) is 0 Å². The third-order valence-electron chi connectivity index (χ3n) is 4.98. The molecule has 0 aromatic heterocycles. The standard InChI is InChI=1S/C16H33N3O/c1-6-13(7-2)14(19(4)5)12-18-15(20)16(3)8-10-17-11-9-16/h13-14,17H,6-12H2,1-5H3,(H,18,20). The Bertz CT molecular complexity index is 294. The van der Waals surface area contributed by atoms with Crippen molar-refractivity contribution >= 4 is 5.91 Å². The largest absolute Gasteiger partial charge is 0.354 e. The van der Waals surface area contributed by atoms with Crippen molar-refractivity contribution in [3.05, 3.63) is 0 Å². The van der Waals surface area contributed by atoms with Gasteiger partial charge in [0.1, 0.15) is 0 Å². The molecule has 0 spiro atoms. The number of nitrogens with zero attached hydrogens (tertiary/aromatic N) is 1. The zero-order valence-corrected chi connectivity index (χ0v) is 14.0. The minimum absolute atomic E-state index is 0.184. The van der Waals surface area contributed by atoms with Crippen molar-refractivity contribution in [1.82, 2.24) is 15.5 Å². The number of amides is 1. The van der Waals surface area contributed by atoms with E-state index in [4.69, 9.17) is 0 Å². The fourth-order valence-electron chi connectivity index (χ4n) is 3.22. The highest BCUT2D eigenvalue weighted by Gasteiger charge is 2.35. The summed E-state index contributed by atoms with van der Waals surface area (Å²) in [4.78, 5) is 14.7. The molecule has 1 aliphatic heterocycles. The lowest BCUT2D eigenvalue weighted by Gasteiger charge is -2.35. The van der Waals surface area contributed by atoms with Crippen molar-refractivity contribution in [2.24, 2.45) is 11.3 Å². The van der Waals surface area contributed by atoms with E-state index in [0.717, 1.165) is 45.3 Å². The predicted molar refractivity (Wildman–Crippen MR) is 84.8 cm³/mol. The van der Waals surface area contributed by atoms with Gasteiger partial charge in [-0.3, -0.25) is 4.79 Å². The van der Waals surface area contributed by atoms with Gasteiger partial charge in [0, 0.05) is 18.0 Å². The molecule has 1 unspecified atom stereocenters. The number of carbonyl (C=O) groups is 1. The Kier molecular flexibility index (Phi) is 6.96. The van der Waals surface area contributed by atoms with Crippen LogP contribution in [0.4, 0.5) is 0 Å². The van der Waals surface area contributed by atoms with Gasteiger partial charge in [0.25, 0.3) is 0 Å². The molecule has 0 aromatic carbocycles. The first-order chi connectivity index (χ1) is 9.44. The monoisotopic (exact) mass is 283 g/mol. The topological polar surface area (TPSA) is 44.4 Å². The molecule has 1 fully saturated rings. The van der Waals surface area contributed by atoms with Gasteiger partial charge < -0.3 is 15.5 Å². The molecular weight excluding hydrogens is 250 g/mol. The number of carbonyl (C=O) groups excluding carboxylic acids is 1. The van der Waals surface area contributed by atoms with E-state index in [0.29, 0.717) is 12.0 Å². The second kappa shape index (κ2) is 7.99. The summed E-state index contributed by atoms with van der Waals surface area (Å²) in [5.74, 6) is 0.878. The maximum absolute atomic E-state index is 12.5. The Morgan fingerprint density at radius 3 is 2.25 bits per heavy atom. The van der Waals surface area contributed by atoms with Crippen LogP contribution in [-0.4, -0.2) is 50.6 Å². The van der Waals surface area contributed by atoms with Crippen LogP contribution in [0.15, 0.2) is 0 Å². The lowest BCUT2D eigenvalue weighted by atomic mass is 9.80. The van der Waals surface area contributed by atoms with Crippen LogP contribution in [0.25, 0.3) is 0 Å². The van der Waals surface area contributed by atoms with Gasteiger partial charge in [-0.05, 0) is 45.9 Å². The predicted octanol–water partition coefficient (Wildman–Crippen LogP) is 1.86. The molecule has 4 nitrogen and oxygen atoms in total. The Labute approximate surface area is 124 Å². The summed E-state index contributed by atoms with van der Waals surface area (Å²) in [5, 5.41) is 6.54. The molecule has 0 saturated carbocycles. The lowest BCUT2D eigenvalue weighted by molar-refractivity contribution is -0.131. The summed E-state index contributed by atoms with van der Waals surface area (Å²) in [5.41, 5.74) is -0.184. The molecule has 2 N–H and O–H groups in total. The quantitative estimate of drug-likeness (QED) is 0.749. The third kappa shape index (κ3) is 4.45. The summed E-state index contributed by atoms with van der Waals surface area (Å²) in [6, 6.07) is 0.430. The smallest absolute Gasteiger partial charge is 0.226 e. The molecule has 1 heterocycles. The number of likely N-dealkylation sites (N-methyl/N-ethyl adjacent to an activating group) is 1. The molecule has 118 valence electrons. The van der Waals surface area contributed by atoms with Crippen LogP contribution in [0.5, 0.6) is 0 Å². The first-order valence-corrected chi connectivity index (χ1v) is 8.10. The summed E-state index contributed by atoms with van der Waals surface area (Å²) < 4.78 is 0. The first kappa shape index (κ1) is 17.4. The molecular formula is C16H33N3O. The van der Waals surface area contributed by atoms with Crippen LogP contribution in [0.2, 0.25) is 0 Å². The molecule has 0 radical (unpaired) electrons.